The molecule has 1 aromatic rings. The standard InChI is InChI=1S/C17H27NO/c1-4-6-18-17(11-15-5-7-19-12-15)16-9-13(2)8-14(3)10-16/h8-10,15,17-18H,4-7,11-12H2,1-3H3. The molecule has 1 heterocycles. The number of hydrogen-bond acceptors (Lipinski definition) is 2. The predicted octanol–water partition coefficient (Wildman–Crippen LogP) is 3.77. The summed E-state index contributed by atoms with van der Waals surface area (Å²) in [4.78, 5) is 0. The van der Waals surface area contributed by atoms with E-state index < -0.39 is 0 Å². The van der Waals surface area contributed by atoms with Gasteiger partial charge in [0.05, 0.1) is 0 Å². The highest BCUT2D eigenvalue weighted by Gasteiger charge is 2.21. The van der Waals surface area contributed by atoms with Gasteiger partial charge in [-0.1, -0.05) is 36.2 Å². The van der Waals surface area contributed by atoms with Crippen molar-refractivity contribution >= 4 is 0 Å². The van der Waals surface area contributed by atoms with Crippen molar-refractivity contribution < 1.29 is 4.74 Å². The highest BCUT2D eigenvalue weighted by Crippen LogP contribution is 2.27. The largest absolute Gasteiger partial charge is 0.381 e. The van der Waals surface area contributed by atoms with Crippen LogP contribution in [0.15, 0.2) is 18.2 Å². The molecule has 0 bridgehead atoms. The summed E-state index contributed by atoms with van der Waals surface area (Å²) in [6.45, 7) is 9.57. The van der Waals surface area contributed by atoms with Crippen molar-refractivity contribution in [3.63, 3.8) is 0 Å². The van der Waals surface area contributed by atoms with Crippen molar-refractivity contribution in [2.24, 2.45) is 5.92 Å². The molecule has 0 aliphatic carbocycles. The van der Waals surface area contributed by atoms with Crippen LogP contribution >= 0.6 is 0 Å². The summed E-state index contributed by atoms with van der Waals surface area (Å²) in [6.07, 6.45) is 3.60. The van der Waals surface area contributed by atoms with Gasteiger partial charge in [-0.2, -0.15) is 0 Å². The zero-order chi connectivity index (χ0) is 13.7. The Bertz CT molecular complexity index is 376. The van der Waals surface area contributed by atoms with Crippen molar-refractivity contribution in [3.8, 4) is 0 Å². The monoisotopic (exact) mass is 261 g/mol. The Morgan fingerprint density at radius 3 is 2.58 bits per heavy atom. The van der Waals surface area contributed by atoms with Crippen LogP contribution in [0.25, 0.3) is 0 Å². The van der Waals surface area contributed by atoms with Crippen LogP contribution in [0.4, 0.5) is 0 Å². The van der Waals surface area contributed by atoms with Gasteiger partial charge < -0.3 is 10.1 Å². The Morgan fingerprint density at radius 2 is 2.00 bits per heavy atom. The first-order valence-corrected chi connectivity index (χ1v) is 7.58. The van der Waals surface area contributed by atoms with Gasteiger partial charge in [0.1, 0.15) is 0 Å². The molecule has 0 spiro atoms. The van der Waals surface area contributed by atoms with Gasteiger partial charge in [0.25, 0.3) is 0 Å². The molecule has 1 aliphatic heterocycles. The predicted molar refractivity (Wildman–Crippen MR) is 80.5 cm³/mol. The first-order valence-electron chi connectivity index (χ1n) is 7.58. The molecule has 19 heavy (non-hydrogen) atoms. The van der Waals surface area contributed by atoms with Crippen LogP contribution in [0.2, 0.25) is 0 Å². The smallest absolute Gasteiger partial charge is 0.0495 e. The summed E-state index contributed by atoms with van der Waals surface area (Å²) in [5, 5.41) is 3.71. The Kier molecular flexibility index (Phi) is 5.41. The van der Waals surface area contributed by atoms with E-state index in [0.717, 1.165) is 25.7 Å². The van der Waals surface area contributed by atoms with Crippen molar-refractivity contribution in [1.82, 2.24) is 5.32 Å². The van der Waals surface area contributed by atoms with E-state index in [4.69, 9.17) is 4.74 Å². The third-order valence-corrected chi connectivity index (χ3v) is 3.88. The first-order chi connectivity index (χ1) is 9.19. The number of hydrogen-bond donors (Lipinski definition) is 1. The van der Waals surface area contributed by atoms with Gasteiger partial charge in [0, 0.05) is 19.3 Å². The van der Waals surface area contributed by atoms with Crippen molar-refractivity contribution in [1.29, 1.82) is 0 Å². The van der Waals surface area contributed by atoms with Crippen LogP contribution in [-0.2, 0) is 4.74 Å². The summed E-state index contributed by atoms with van der Waals surface area (Å²) in [5.74, 6) is 0.718. The molecule has 1 aliphatic rings. The fraction of sp³-hybridized carbons (Fsp3) is 0.647. The van der Waals surface area contributed by atoms with Crippen LogP contribution < -0.4 is 5.32 Å². The summed E-state index contributed by atoms with van der Waals surface area (Å²) < 4.78 is 5.52. The second-order valence-corrected chi connectivity index (χ2v) is 5.89. The van der Waals surface area contributed by atoms with E-state index in [1.807, 2.05) is 0 Å². The van der Waals surface area contributed by atoms with E-state index in [-0.39, 0.29) is 0 Å². The zero-order valence-electron chi connectivity index (χ0n) is 12.5. The van der Waals surface area contributed by atoms with Gasteiger partial charge in [-0.05, 0) is 51.1 Å². The maximum atomic E-state index is 5.52. The molecule has 0 amide bonds. The van der Waals surface area contributed by atoms with Gasteiger partial charge in [0.2, 0.25) is 0 Å². The third kappa shape index (κ3) is 4.32. The van der Waals surface area contributed by atoms with Gasteiger partial charge in [0.15, 0.2) is 0 Å². The van der Waals surface area contributed by atoms with Crippen molar-refractivity contribution in [3.05, 3.63) is 34.9 Å². The molecule has 2 unspecified atom stereocenters. The molecule has 106 valence electrons. The van der Waals surface area contributed by atoms with E-state index in [2.05, 4.69) is 44.3 Å². The van der Waals surface area contributed by atoms with Crippen LogP contribution in [-0.4, -0.2) is 19.8 Å². The zero-order valence-corrected chi connectivity index (χ0v) is 12.5. The highest BCUT2D eigenvalue weighted by molar-refractivity contribution is 5.30. The number of nitrogens with one attached hydrogen (secondary N) is 1. The Labute approximate surface area is 117 Å². The van der Waals surface area contributed by atoms with Crippen LogP contribution in [0.5, 0.6) is 0 Å². The lowest BCUT2D eigenvalue weighted by atomic mass is 9.92. The molecule has 1 saturated heterocycles. The number of rotatable bonds is 6. The molecule has 2 rings (SSSR count). The Balaban J connectivity index is 2.10. The number of aryl methyl sites for hydroxylation is 2. The fourth-order valence-electron chi connectivity index (χ4n) is 2.97. The van der Waals surface area contributed by atoms with Gasteiger partial charge >= 0.3 is 0 Å². The minimum Gasteiger partial charge on any atom is -0.381 e. The van der Waals surface area contributed by atoms with Crippen LogP contribution in [0.3, 0.4) is 0 Å². The maximum absolute atomic E-state index is 5.52. The Morgan fingerprint density at radius 1 is 1.26 bits per heavy atom. The summed E-state index contributed by atoms with van der Waals surface area (Å²) in [5.41, 5.74) is 4.17. The molecule has 2 heteroatoms. The van der Waals surface area contributed by atoms with E-state index in [9.17, 15) is 0 Å². The summed E-state index contributed by atoms with van der Waals surface area (Å²) in [7, 11) is 0. The van der Waals surface area contributed by atoms with E-state index in [1.54, 1.807) is 0 Å². The van der Waals surface area contributed by atoms with Crippen molar-refractivity contribution in [2.75, 3.05) is 19.8 Å². The van der Waals surface area contributed by atoms with Crippen molar-refractivity contribution in [2.45, 2.75) is 46.1 Å². The van der Waals surface area contributed by atoms with Crippen LogP contribution in [0.1, 0.15) is 48.9 Å². The second kappa shape index (κ2) is 7.06. The second-order valence-electron chi connectivity index (χ2n) is 5.89. The summed E-state index contributed by atoms with van der Waals surface area (Å²) >= 11 is 0. The molecule has 0 saturated carbocycles. The van der Waals surface area contributed by atoms with Gasteiger partial charge in [-0.3, -0.25) is 0 Å². The topological polar surface area (TPSA) is 21.3 Å². The minimum absolute atomic E-state index is 0.477. The SMILES string of the molecule is CCCNC(CC1CCOC1)c1cc(C)cc(C)c1. The molecular formula is C17H27NO. The molecule has 0 radical (unpaired) electrons. The number of benzene rings is 1. The Hall–Kier alpha value is -0.860. The molecule has 2 atom stereocenters. The van der Waals surface area contributed by atoms with E-state index in [0.29, 0.717) is 6.04 Å². The van der Waals surface area contributed by atoms with E-state index in [1.165, 1.54) is 36.0 Å². The first kappa shape index (κ1) is 14.5. The van der Waals surface area contributed by atoms with Gasteiger partial charge in [-0.15, -0.1) is 0 Å². The lowest BCUT2D eigenvalue weighted by molar-refractivity contribution is 0.181. The molecule has 2 nitrogen and oxygen atoms in total. The molecule has 1 N–H and O–H groups in total. The average molecular weight is 261 g/mol. The maximum Gasteiger partial charge on any atom is 0.0495 e. The quantitative estimate of drug-likeness (QED) is 0.841. The molecular weight excluding hydrogens is 234 g/mol. The van der Waals surface area contributed by atoms with Gasteiger partial charge in [-0.25, -0.2) is 0 Å². The lowest BCUT2D eigenvalue weighted by Crippen LogP contribution is -2.25. The number of ether oxygens (including phenoxy) is 1. The molecule has 1 aromatic carbocycles. The fourth-order valence-corrected chi connectivity index (χ4v) is 2.97. The minimum atomic E-state index is 0.477. The molecule has 1 fully saturated rings. The van der Waals surface area contributed by atoms with Crippen LogP contribution in [0, 0.1) is 19.8 Å². The molecule has 0 aromatic heterocycles. The highest BCUT2D eigenvalue weighted by atomic mass is 16.5. The summed E-state index contributed by atoms with van der Waals surface area (Å²) in [6, 6.07) is 7.39. The lowest BCUT2D eigenvalue weighted by Gasteiger charge is -2.22. The normalized spacial score (nSPS) is 20.7. The third-order valence-electron chi connectivity index (χ3n) is 3.88. The van der Waals surface area contributed by atoms with E-state index >= 15 is 0 Å². The average Bonchev–Trinajstić information content (AvgIpc) is 2.86.